The highest BCUT2D eigenvalue weighted by molar-refractivity contribution is 5.77. The second-order valence-corrected chi connectivity index (χ2v) is 3.69. The van der Waals surface area contributed by atoms with E-state index in [2.05, 4.69) is 5.32 Å². The van der Waals surface area contributed by atoms with Gasteiger partial charge in [-0.1, -0.05) is 13.8 Å². The zero-order chi connectivity index (χ0) is 11.4. The Morgan fingerprint density at radius 3 is 2.60 bits per heavy atom. The van der Waals surface area contributed by atoms with Gasteiger partial charge in [-0.05, 0) is 12.1 Å². The Labute approximate surface area is 88.6 Å². The molecule has 15 heavy (non-hydrogen) atoms. The molecule has 1 aromatic rings. The van der Waals surface area contributed by atoms with Gasteiger partial charge in [0.05, 0.1) is 0 Å². The van der Waals surface area contributed by atoms with Crippen molar-refractivity contribution >= 4 is 5.91 Å². The van der Waals surface area contributed by atoms with Gasteiger partial charge >= 0.3 is 0 Å². The number of amides is 1. The summed E-state index contributed by atoms with van der Waals surface area (Å²) in [5.74, 6) is -0.155. The molecule has 82 valence electrons. The lowest BCUT2D eigenvalue weighted by molar-refractivity contribution is -0.124. The van der Waals surface area contributed by atoms with E-state index in [1.54, 1.807) is 19.9 Å². The molecule has 0 atom stereocenters. The molecule has 0 saturated carbocycles. The van der Waals surface area contributed by atoms with Gasteiger partial charge in [0.1, 0.15) is 11.5 Å². The van der Waals surface area contributed by atoms with Crippen LogP contribution in [0.4, 0.5) is 0 Å². The van der Waals surface area contributed by atoms with Crippen LogP contribution < -0.4 is 5.32 Å². The number of rotatable bonds is 3. The molecule has 0 aliphatic rings. The zero-order valence-corrected chi connectivity index (χ0v) is 8.82. The van der Waals surface area contributed by atoms with Crippen LogP contribution in [0, 0.1) is 5.92 Å². The summed E-state index contributed by atoms with van der Waals surface area (Å²) in [7, 11) is 0. The van der Waals surface area contributed by atoms with Crippen LogP contribution in [0.2, 0.25) is 0 Å². The van der Waals surface area contributed by atoms with Gasteiger partial charge in [-0.2, -0.15) is 0 Å². The zero-order valence-electron chi connectivity index (χ0n) is 8.82. The topological polar surface area (TPSA) is 69.6 Å². The number of carbonyl (C=O) groups is 1. The van der Waals surface area contributed by atoms with Gasteiger partial charge in [-0.15, -0.1) is 0 Å². The second kappa shape index (κ2) is 4.68. The van der Waals surface area contributed by atoms with Crippen molar-refractivity contribution in [3.05, 3.63) is 23.8 Å². The molecule has 1 aromatic carbocycles. The van der Waals surface area contributed by atoms with Gasteiger partial charge < -0.3 is 15.5 Å². The third kappa shape index (κ3) is 3.16. The first-order valence-corrected chi connectivity index (χ1v) is 4.79. The molecule has 1 rings (SSSR count). The predicted molar refractivity (Wildman–Crippen MR) is 56.5 cm³/mol. The molecule has 0 radical (unpaired) electrons. The normalized spacial score (nSPS) is 10.3. The van der Waals surface area contributed by atoms with Crippen LogP contribution >= 0.6 is 0 Å². The summed E-state index contributed by atoms with van der Waals surface area (Å²) >= 11 is 0. The molecule has 3 N–H and O–H groups in total. The van der Waals surface area contributed by atoms with Crippen LogP contribution in [0.5, 0.6) is 11.5 Å². The molecule has 4 heteroatoms. The van der Waals surface area contributed by atoms with E-state index in [1.165, 1.54) is 12.1 Å². The minimum absolute atomic E-state index is 0.00596. The van der Waals surface area contributed by atoms with Crippen LogP contribution in [-0.4, -0.2) is 16.1 Å². The van der Waals surface area contributed by atoms with Crippen LogP contribution in [0.25, 0.3) is 0 Å². The Morgan fingerprint density at radius 1 is 1.40 bits per heavy atom. The van der Waals surface area contributed by atoms with E-state index in [9.17, 15) is 9.90 Å². The molecule has 0 aromatic heterocycles. The SMILES string of the molecule is CC(C)C(=O)NCc1ccc(O)cc1O. The van der Waals surface area contributed by atoms with Crippen molar-refractivity contribution < 1.29 is 15.0 Å². The first-order valence-electron chi connectivity index (χ1n) is 4.79. The summed E-state index contributed by atoms with van der Waals surface area (Å²) in [5.41, 5.74) is 0.585. The lowest BCUT2D eigenvalue weighted by Gasteiger charge is -2.09. The minimum atomic E-state index is -0.0794. The quantitative estimate of drug-likeness (QED) is 0.704. The molecular formula is C11H15NO3. The maximum absolute atomic E-state index is 11.3. The Balaban J connectivity index is 2.62. The van der Waals surface area contributed by atoms with Crippen LogP contribution in [0.15, 0.2) is 18.2 Å². The lowest BCUT2D eigenvalue weighted by atomic mass is 10.1. The Hall–Kier alpha value is -1.71. The molecule has 4 nitrogen and oxygen atoms in total. The van der Waals surface area contributed by atoms with Crippen molar-refractivity contribution in [1.82, 2.24) is 5.32 Å². The molecule has 0 bridgehead atoms. The first-order chi connectivity index (χ1) is 7.00. The molecule has 0 fully saturated rings. The maximum Gasteiger partial charge on any atom is 0.222 e. The summed E-state index contributed by atoms with van der Waals surface area (Å²) in [5, 5.41) is 21.2. The number of benzene rings is 1. The van der Waals surface area contributed by atoms with Gasteiger partial charge in [0.2, 0.25) is 5.91 Å². The van der Waals surface area contributed by atoms with E-state index in [1.807, 2.05) is 0 Å². The van der Waals surface area contributed by atoms with E-state index in [4.69, 9.17) is 5.11 Å². The van der Waals surface area contributed by atoms with Crippen molar-refractivity contribution in [2.45, 2.75) is 20.4 Å². The average Bonchev–Trinajstić information content (AvgIpc) is 2.15. The Kier molecular flexibility index (Phi) is 3.55. The summed E-state index contributed by atoms with van der Waals surface area (Å²) < 4.78 is 0. The molecule has 0 heterocycles. The standard InChI is InChI=1S/C11H15NO3/c1-7(2)11(15)12-6-8-3-4-9(13)5-10(8)14/h3-5,7,13-14H,6H2,1-2H3,(H,12,15). The second-order valence-electron chi connectivity index (χ2n) is 3.69. The van der Waals surface area contributed by atoms with E-state index in [-0.39, 0.29) is 29.9 Å². The van der Waals surface area contributed by atoms with Crippen molar-refractivity contribution in [2.24, 2.45) is 5.92 Å². The number of hydrogen-bond acceptors (Lipinski definition) is 3. The van der Waals surface area contributed by atoms with E-state index >= 15 is 0 Å². The fourth-order valence-electron chi connectivity index (χ4n) is 1.09. The molecule has 0 saturated heterocycles. The fourth-order valence-corrected chi connectivity index (χ4v) is 1.09. The van der Waals surface area contributed by atoms with Gasteiger partial charge in [0.15, 0.2) is 0 Å². The van der Waals surface area contributed by atoms with Crippen molar-refractivity contribution in [3.63, 3.8) is 0 Å². The predicted octanol–water partition coefficient (Wildman–Crippen LogP) is 1.37. The molecule has 0 unspecified atom stereocenters. The third-order valence-electron chi connectivity index (χ3n) is 2.05. The third-order valence-corrected chi connectivity index (χ3v) is 2.05. The number of carbonyl (C=O) groups excluding carboxylic acids is 1. The number of nitrogens with one attached hydrogen (secondary N) is 1. The van der Waals surface area contributed by atoms with Crippen LogP contribution in [-0.2, 0) is 11.3 Å². The minimum Gasteiger partial charge on any atom is -0.508 e. The highest BCUT2D eigenvalue weighted by Crippen LogP contribution is 2.22. The monoisotopic (exact) mass is 209 g/mol. The van der Waals surface area contributed by atoms with Crippen LogP contribution in [0.3, 0.4) is 0 Å². The Morgan fingerprint density at radius 2 is 2.07 bits per heavy atom. The fraction of sp³-hybridized carbons (Fsp3) is 0.364. The van der Waals surface area contributed by atoms with Crippen LogP contribution in [0.1, 0.15) is 19.4 Å². The van der Waals surface area contributed by atoms with E-state index < -0.39 is 0 Å². The number of phenols is 2. The summed E-state index contributed by atoms with van der Waals surface area (Å²) in [6.07, 6.45) is 0. The van der Waals surface area contributed by atoms with Gasteiger partial charge in [-0.25, -0.2) is 0 Å². The molecule has 1 amide bonds. The van der Waals surface area contributed by atoms with Gasteiger partial charge in [-0.3, -0.25) is 4.79 Å². The molecule has 0 aliphatic carbocycles. The summed E-state index contributed by atoms with van der Waals surface area (Å²) in [4.78, 5) is 11.3. The number of hydrogen-bond donors (Lipinski definition) is 3. The molecular weight excluding hydrogens is 194 g/mol. The lowest BCUT2D eigenvalue weighted by Crippen LogP contribution is -2.27. The summed E-state index contributed by atoms with van der Waals surface area (Å²) in [6.45, 7) is 3.86. The average molecular weight is 209 g/mol. The number of aromatic hydroxyl groups is 2. The maximum atomic E-state index is 11.3. The number of phenolic OH excluding ortho intramolecular Hbond substituents is 2. The van der Waals surface area contributed by atoms with Crippen molar-refractivity contribution in [3.8, 4) is 11.5 Å². The largest absolute Gasteiger partial charge is 0.508 e. The van der Waals surface area contributed by atoms with E-state index in [0.717, 1.165) is 0 Å². The first kappa shape index (κ1) is 11.4. The highest BCUT2D eigenvalue weighted by atomic mass is 16.3. The molecule has 0 spiro atoms. The summed E-state index contributed by atoms with van der Waals surface area (Å²) in [6, 6.07) is 4.29. The van der Waals surface area contributed by atoms with Gasteiger partial charge in [0.25, 0.3) is 0 Å². The van der Waals surface area contributed by atoms with Crippen molar-refractivity contribution in [2.75, 3.05) is 0 Å². The molecule has 0 aliphatic heterocycles. The highest BCUT2D eigenvalue weighted by Gasteiger charge is 2.07. The smallest absolute Gasteiger partial charge is 0.222 e. The van der Waals surface area contributed by atoms with E-state index in [0.29, 0.717) is 5.56 Å². The Bertz CT molecular complexity index is 361. The van der Waals surface area contributed by atoms with Gasteiger partial charge in [0, 0.05) is 24.1 Å². The van der Waals surface area contributed by atoms with Crippen molar-refractivity contribution in [1.29, 1.82) is 0 Å².